The van der Waals surface area contributed by atoms with Crippen LogP contribution in [0.4, 0.5) is 15.9 Å². The molecule has 4 rings (SSSR count). The second-order valence-electron chi connectivity index (χ2n) is 7.12. The molecule has 1 amide bonds. The van der Waals surface area contributed by atoms with Crippen LogP contribution in [0.2, 0.25) is 0 Å². The molecule has 0 saturated carbocycles. The molecule has 2 aromatic carbocycles. The number of halogens is 1. The van der Waals surface area contributed by atoms with Crippen LogP contribution in [0.15, 0.2) is 67.0 Å². The zero-order chi connectivity index (χ0) is 21.8. The molecule has 2 heterocycles. The minimum Gasteiger partial charge on any atom is -0.365 e. The molecule has 2 aromatic heterocycles. The highest BCUT2D eigenvalue weighted by Crippen LogP contribution is 2.15. The molecular weight excluding hydrogens is 395 g/mol. The van der Waals surface area contributed by atoms with Crippen molar-refractivity contribution in [3.63, 3.8) is 0 Å². The Morgan fingerprint density at radius 2 is 1.87 bits per heavy atom. The Kier molecular flexibility index (Phi) is 5.70. The van der Waals surface area contributed by atoms with Crippen LogP contribution in [0.3, 0.4) is 0 Å². The largest absolute Gasteiger partial charge is 0.365 e. The maximum atomic E-state index is 13.0. The van der Waals surface area contributed by atoms with Crippen LogP contribution in [-0.2, 0) is 6.54 Å². The number of benzene rings is 2. The summed E-state index contributed by atoms with van der Waals surface area (Å²) in [6, 6.07) is 14.9. The first-order valence-electron chi connectivity index (χ1n) is 9.73. The number of nitrogens with one attached hydrogen (secondary N) is 2. The van der Waals surface area contributed by atoms with Gasteiger partial charge in [0.2, 0.25) is 0 Å². The second-order valence-corrected chi connectivity index (χ2v) is 7.12. The van der Waals surface area contributed by atoms with E-state index in [0.29, 0.717) is 29.4 Å². The van der Waals surface area contributed by atoms with Crippen LogP contribution in [0.1, 0.15) is 27.3 Å². The number of hydrogen-bond acceptors (Lipinski definition) is 5. The van der Waals surface area contributed by atoms with Crippen LogP contribution in [0, 0.1) is 19.7 Å². The SMILES string of the molecule is Cc1cc(C)n(-c2cncc(NCc3cccc(NC(=O)c4ccc(F)cc4)c3)n2)n1. The van der Waals surface area contributed by atoms with Gasteiger partial charge < -0.3 is 10.6 Å². The highest BCUT2D eigenvalue weighted by Gasteiger charge is 2.08. The molecule has 0 atom stereocenters. The molecule has 2 N–H and O–H groups in total. The van der Waals surface area contributed by atoms with Crippen molar-refractivity contribution in [1.82, 2.24) is 19.7 Å². The highest BCUT2D eigenvalue weighted by molar-refractivity contribution is 6.04. The van der Waals surface area contributed by atoms with E-state index in [9.17, 15) is 9.18 Å². The van der Waals surface area contributed by atoms with Crippen LogP contribution in [0.5, 0.6) is 0 Å². The van der Waals surface area contributed by atoms with E-state index >= 15 is 0 Å². The van der Waals surface area contributed by atoms with Gasteiger partial charge in [0.05, 0.1) is 18.1 Å². The lowest BCUT2D eigenvalue weighted by molar-refractivity contribution is 0.102. The number of nitrogens with zero attached hydrogens (tertiary/aromatic N) is 4. The van der Waals surface area contributed by atoms with Crippen molar-refractivity contribution in [1.29, 1.82) is 0 Å². The lowest BCUT2D eigenvalue weighted by Gasteiger charge is -2.10. The fourth-order valence-corrected chi connectivity index (χ4v) is 3.16. The van der Waals surface area contributed by atoms with Crippen molar-refractivity contribution in [3.8, 4) is 5.82 Å². The predicted molar refractivity (Wildman–Crippen MR) is 117 cm³/mol. The van der Waals surface area contributed by atoms with Gasteiger partial charge in [-0.05, 0) is 61.9 Å². The Morgan fingerprint density at radius 3 is 2.61 bits per heavy atom. The molecule has 156 valence electrons. The summed E-state index contributed by atoms with van der Waals surface area (Å²) in [7, 11) is 0. The van der Waals surface area contributed by atoms with Crippen LogP contribution in [0.25, 0.3) is 5.82 Å². The predicted octanol–water partition coefficient (Wildman–Crippen LogP) is 4.28. The van der Waals surface area contributed by atoms with Gasteiger partial charge in [0, 0.05) is 23.5 Å². The van der Waals surface area contributed by atoms with Gasteiger partial charge in [-0.3, -0.25) is 9.78 Å². The molecular formula is C23H21FN6O. The molecule has 7 nitrogen and oxygen atoms in total. The van der Waals surface area contributed by atoms with Crippen molar-refractivity contribution >= 4 is 17.4 Å². The fourth-order valence-electron chi connectivity index (χ4n) is 3.16. The summed E-state index contributed by atoms with van der Waals surface area (Å²) in [5.74, 6) is 0.574. The molecule has 0 fully saturated rings. The first-order valence-corrected chi connectivity index (χ1v) is 9.73. The van der Waals surface area contributed by atoms with Crippen molar-refractivity contribution in [3.05, 3.63) is 95.3 Å². The normalized spacial score (nSPS) is 10.7. The molecule has 0 saturated heterocycles. The molecule has 8 heteroatoms. The Bertz CT molecular complexity index is 1220. The zero-order valence-corrected chi connectivity index (χ0v) is 17.1. The van der Waals surface area contributed by atoms with E-state index in [1.165, 1.54) is 24.3 Å². The molecule has 31 heavy (non-hydrogen) atoms. The van der Waals surface area contributed by atoms with Gasteiger partial charge in [-0.2, -0.15) is 5.10 Å². The van der Waals surface area contributed by atoms with Gasteiger partial charge in [0.25, 0.3) is 5.91 Å². The Morgan fingerprint density at radius 1 is 1.06 bits per heavy atom. The van der Waals surface area contributed by atoms with Crippen LogP contribution in [-0.4, -0.2) is 25.7 Å². The Hall–Kier alpha value is -4.07. The minimum atomic E-state index is -0.380. The third kappa shape index (κ3) is 4.92. The average Bonchev–Trinajstić information content (AvgIpc) is 3.11. The quantitative estimate of drug-likeness (QED) is 0.490. The summed E-state index contributed by atoms with van der Waals surface area (Å²) in [5, 5.41) is 10.5. The standard InChI is InChI=1S/C23H21FN6O/c1-15-10-16(2)30(29-15)22-14-25-13-21(28-22)26-12-17-4-3-5-20(11-17)27-23(31)18-6-8-19(24)9-7-18/h3-11,13-14H,12H2,1-2H3,(H,26,28)(H,27,31). The average molecular weight is 416 g/mol. The second kappa shape index (κ2) is 8.74. The number of carbonyl (C=O) groups is 1. The van der Waals surface area contributed by atoms with Gasteiger partial charge >= 0.3 is 0 Å². The summed E-state index contributed by atoms with van der Waals surface area (Å²) in [6.45, 7) is 4.39. The van der Waals surface area contributed by atoms with E-state index in [4.69, 9.17) is 0 Å². The van der Waals surface area contributed by atoms with Gasteiger partial charge in [0.1, 0.15) is 11.6 Å². The van der Waals surface area contributed by atoms with Crippen LogP contribution < -0.4 is 10.6 Å². The molecule has 0 bridgehead atoms. The summed E-state index contributed by atoms with van der Waals surface area (Å²) in [6.07, 6.45) is 3.31. The maximum Gasteiger partial charge on any atom is 0.255 e. The number of aromatic nitrogens is 4. The number of anilines is 2. The third-order valence-corrected chi connectivity index (χ3v) is 4.61. The maximum absolute atomic E-state index is 13.0. The topological polar surface area (TPSA) is 84.7 Å². The van der Waals surface area contributed by atoms with Gasteiger partial charge in [-0.1, -0.05) is 12.1 Å². The summed E-state index contributed by atoms with van der Waals surface area (Å²) in [5.41, 5.74) is 3.89. The Labute approximate surface area is 179 Å². The third-order valence-electron chi connectivity index (χ3n) is 4.61. The summed E-state index contributed by atoms with van der Waals surface area (Å²) in [4.78, 5) is 21.2. The lowest BCUT2D eigenvalue weighted by atomic mass is 10.1. The van der Waals surface area contributed by atoms with E-state index in [2.05, 4.69) is 25.7 Å². The number of aryl methyl sites for hydroxylation is 2. The van der Waals surface area contributed by atoms with E-state index in [1.54, 1.807) is 23.1 Å². The molecule has 0 aliphatic heterocycles. The van der Waals surface area contributed by atoms with Gasteiger partial charge in [0.15, 0.2) is 5.82 Å². The molecule has 0 unspecified atom stereocenters. The number of carbonyl (C=O) groups excluding carboxylic acids is 1. The van der Waals surface area contributed by atoms with Gasteiger partial charge in [-0.15, -0.1) is 0 Å². The van der Waals surface area contributed by atoms with E-state index in [-0.39, 0.29) is 11.7 Å². The van der Waals surface area contributed by atoms with Crippen molar-refractivity contribution in [2.75, 3.05) is 10.6 Å². The van der Waals surface area contributed by atoms with Crippen LogP contribution >= 0.6 is 0 Å². The number of rotatable bonds is 6. The van der Waals surface area contributed by atoms with E-state index in [0.717, 1.165) is 17.0 Å². The summed E-state index contributed by atoms with van der Waals surface area (Å²) < 4.78 is 14.8. The van der Waals surface area contributed by atoms with Crippen molar-refractivity contribution in [2.45, 2.75) is 20.4 Å². The summed E-state index contributed by atoms with van der Waals surface area (Å²) >= 11 is 0. The number of hydrogen-bond donors (Lipinski definition) is 2. The Balaban J connectivity index is 1.43. The first kappa shape index (κ1) is 20.2. The number of amides is 1. The minimum absolute atomic E-state index is 0.298. The van der Waals surface area contributed by atoms with Crippen molar-refractivity contribution < 1.29 is 9.18 Å². The van der Waals surface area contributed by atoms with E-state index < -0.39 is 0 Å². The highest BCUT2D eigenvalue weighted by atomic mass is 19.1. The molecule has 0 radical (unpaired) electrons. The van der Waals surface area contributed by atoms with Gasteiger partial charge in [-0.25, -0.2) is 14.1 Å². The molecule has 0 spiro atoms. The lowest BCUT2D eigenvalue weighted by Crippen LogP contribution is -2.12. The first-order chi connectivity index (χ1) is 15.0. The molecule has 0 aliphatic carbocycles. The molecule has 4 aromatic rings. The zero-order valence-electron chi connectivity index (χ0n) is 17.1. The fraction of sp³-hybridized carbons (Fsp3) is 0.130. The smallest absolute Gasteiger partial charge is 0.255 e. The van der Waals surface area contributed by atoms with E-state index in [1.807, 2.05) is 38.1 Å². The monoisotopic (exact) mass is 416 g/mol. The van der Waals surface area contributed by atoms with Crippen molar-refractivity contribution in [2.24, 2.45) is 0 Å². The molecule has 0 aliphatic rings.